The summed E-state index contributed by atoms with van der Waals surface area (Å²) in [5.74, 6) is -0.0732. The fourth-order valence-electron chi connectivity index (χ4n) is 2.60. The summed E-state index contributed by atoms with van der Waals surface area (Å²) in [5, 5.41) is 8.89. The van der Waals surface area contributed by atoms with Crippen LogP contribution in [0.3, 0.4) is 0 Å². The fraction of sp³-hybridized carbons (Fsp3) is 0.500. The van der Waals surface area contributed by atoms with Gasteiger partial charge in [0, 0.05) is 6.54 Å². The van der Waals surface area contributed by atoms with Crippen LogP contribution in [0.1, 0.15) is 17.5 Å². The molecule has 1 aliphatic heterocycles. The first-order valence-electron chi connectivity index (χ1n) is 6.12. The Labute approximate surface area is 102 Å². The van der Waals surface area contributed by atoms with Crippen LogP contribution in [0, 0.1) is 5.92 Å². The number of carbonyl (C=O) groups is 1. The zero-order chi connectivity index (χ0) is 12.3. The number of likely N-dealkylation sites (tertiary alicyclic amines) is 1. The summed E-state index contributed by atoms with van der Waals surface area (Å²) >= 11 is 0. The quantitative estimate of drug-likeness (QED) is 0.862. The Balaban J connectivity index is 2.06. The summed E-state index contributed by atoms with van der Waals surface area (Å²) in [7, 11) is 2.14. The van der Waals surface area contributed by atoms with Crippen molar-refractivity contribution in [3.8, 4) is 0 Å². The maximum Gasteiger partial charge on any atom is 0.307 e. The summed E-state index contributed by atoms with van der Waals surface area (Å²) in [5.41, 5.74) is 2.17. The van der Waals surface area contributed by atoms with Crippen LogP contribution in [0.15, 0.2) is 24.3 Å². The van der Waals surface area contributed by atoms with Crippen molar-refractivity contribution in [2.75, 3.05) is 20.1 Å². The maximum absolute atomic E-state index is 10.8. The Morgan fingerprint density at radius 2 is 2.12 bits per heavy atom. The Hall–Kier alpha value is -1.35. The van der Waals surface area contributed by atoms with Gasteiger partial charge in [0.1, 0.15) is 0 Å². The lowest BCUT2D eigenvalue weighted by Crippen LogP contribution is -2.15. The van der Waals surface area contributed by atoms with Gasteiger partial charge in [0.15, 0.2) is 0 Å². The van der Waals surface area contributed by atoms with Gasteiger partial charge in [-0.2, -0.15) is 0 Å². The van der Waals surface area contributed by atoms with E-state index in [4.69, 9.17) is 5.11 Å². The van der Waals surface area contributed by atoms with Gasteiger partial charge in [-0.25, -0.2) is 0 Å². The highest BCUT2D eigenvalue weighted by atomic mass is 16.4. The number of carboxylic acid groups (broad SMARTS) is 1. The number of aliphatic carboxylic acids is 1. The van der Waals surface area contributed by atoms with E-state index in [1.807, 2.05) is 18.2 Å². The molecule has 3 nitrogen and oxygen atoms in total. The molecule has 1 aliphatic rings. The van der Waals surface area contributed by atoms with Gasteiger partial charge in [0.25, 0.3) is 0 Å². The summed E-state index contributed by atoms with van der Waals surface area (Å²) in [6, 6.07) is 7.92. The average Bonchev–Trinajstić information content (AvgIpc) is 2.66. The smallest absolute Gasteiger partial charge is 0.307 e. The lowest BCUT2D eigenvalue weighted by molar-refractivity contribution is -0.136. The van der Waals surface area contributed by atoms with Gasteiger partial charge >= 0.3 is 5.97 Å². The molecule has 0 radical (unpaired) electrons. The number of hydrogen-bond acceptors (Lipinski definition) is 2. The Morgan fingerprint density at radius 3 is 2.71 bits per heavy atom. The predicted molar refractivity (Wildman–Crippen MR) is 67.1 cm³/mol. The number of nitrogens with zero attached hydrogens (tertiary/aromatic N) is 1. The molecule has 1 aromatic carbocycles. The van der Waals surface area contributed by atoms with Gasteiger partial charge in [-0.1, -0.05) is 24.3 Å². The SMILES string of the molecule is CN1CCC(Cc2ccccc2CC(=O)O)C1. The molecule has 1 fully saturated rings. The van der Waals surface area contributed by atoms with E-state index in [0.717, 1.165) is 25.1 Å². The molecule has 0 bridgehead atoms. The van der Waals surface area contributed by atoms with Crippen LogP contribution in [0.5, 0.6) is 0 Å². The van der Waals surface area contributed by atoms with Gasteiger partial charge in [0.2, 0.25) is 0 Å². The summed E-state index contributed by atoms with van der Waals surface area (Å²) in [6.45, 7) is 2.28. The molecular weight excluding hydrogens is 214 g/mol. The normalized spacial score (nSPS) is 20.6. The van der Waals surface area contributed by atoms with E-state index in [1.165, 1.54) is 12.0 Å². The number of rotatable bonds is 4. The van der Waals surface area contributed by atoms with Gasteiger partial charge in [-0.3, -0.25) is 4.79 Å². The van der Waals surface area contributed by atoms with Crippen LogP contribution in [0.2, 0.25) is 0 Å². The molecule has 1 N–H and O–H groups in total. The van der Waals surface area contributed by atoms with Crippen LogP contribution < -0.4 is 0 Å². The average molecular weight is 233 g/mol. The second kappa shape index (κ2) is 5.32. The van der Waals surface area contributed by atoms with Crippen molar-refractivity contribution < 1.29 is 9.90 Å². The summed E-state index contributed by atoms with van der Waals surface area (Å²) < 4.78 is 0. The second-order valence-electron chi connectivity index (χ2n) is 4.96. The molecule has 3 heteroatoms. The molecule has 0 saturated carbocycles. The van der Waals surface area contributed by atoms with Crippen LogP contribution >= 0.6 is 0 Å². The highest BCUT2D eigenvalue weighted by Gasteiger charge is 2.20. The van der Waals surface area contributed by atoms with Crippen LogP contribution in [-0.2, 0) is 17.6 Å². The minimum atomic E-state index is -0.749. The first kappa shape index (κ1) is 12.1. The molecule has 2 rings (SSSR count). The molecule has 1 aromatic rings. The highest BCUT2D eigenvalue weighted by Crippen LogP contribution is 2.21. The minimum Gasteiger partial charge on any atom is -0.481 e. The van der Waals surface area contributed by atoms with Crippen LogP contribution in [0.4, 0.5) is 0 Å². The van der Waals surface area contributed by atoms with E-state index in [9.17, 15) is 4.79 Å². The molecule has 1 unspecified atom stereocenters. The Morgan fingerprint density at radius 1 is 1.41 bits per heavy atom. The third-order valence-corrected chi connectivity index (χ3v) is 3.46. The first-order valence-corrected chi connectivity index (χ1v) is 6.12. The Bertz CT molecular complexity index is 403. The van der Waals surface area contributed by atoms with Gasteiger partial charge in [0.05, 0.1) is 6.42 Å². The fourth-order valence-corrected chi connectivity index (χ4v) is 2.60. The lowest BCUT2D eigenvalue weighted by Gasteiger charge is -2.13. The van der Waals surface area contributed by atoms with E-state index in [2.05, 4.69) is 18.0 Å². The van der Waals surface area contributed by atoms with Crippen LogP contribution in [0.25, 0.3) is 0 Å². The second-order valence-corrected chi connectivity index (χ2v) is 4.96. The molecule has 17 heavy (non-hydrogen) atoms. The zero-order valence-electron chi connectivity index (χ0n) is 10.2. The van der Waals surface area contributed by atoms with E-state index in [1.54, 1.807) is 0 Å². The molecule has 92 valence electrons. The molecule has 1 atom stereocenters. The maximum atomic E-state index is 10.8. The van der Waals surface area contributed by atoms with Gasteiger partial charge < -0.3 is 10.0 Å². The largest absolute Gasteiger partial charge is 0.481 e. The van der Waals surface area contributed by atoms with E-state index in [0.29, 0.717) is 5.92 Å². The summed E-state index contributed by atoms with van der Waals surface area (Å²) in [6.07, 6.45) is 2.37. The highest BCUT2D eigenvalue weighted by molar-refractivity contribution is 5.70. The third kappa shape index (κ3) is 3.30. The van der Waals surface area contributed by atoms with E-state index < -0.39 is 5.97 Å². The first-order chi connectivity index (χ1) is 8.15. The lowest BCUT2D eigenvalue weighted by atomic mass is 9.94. The molecule has 0 spiro atoms. The van der Waals surface area contributed by atoms with E-state index in [-0.39, 0.29) is 6.42 Å². The summed E-state index contributed by atoms with van der Waals surface area (Å²) in [4.78, 5) is 13.1. The number of carboxylic acids is 1. The van der Waals surface area contributed by atoms with Crippen molar-refractivity contribution in [1.29, 1.82) is 0 Å². The molecule has 0 aromatic heterocycles. The molecule has 1 heterocycles. The monoisotopic (exact) mass is 233 g/mol. The third-order valence-electron chi connectivity index (χ3n) is 3.46. The zero-order valence-corrected chi connectivity index (χ0v) is 10.2. The molecule has 0 aliphatic carbocycles. The van der Waals surface area contributed by atoms with Crippen molar-refractivity contribution in [3.05, 3.63) is 35.4 Å². The van der Waals surface area contributed by atoms with Crippen molar-refractivity contribution >= 4 is 5.97 Å². The molecule has 1 saturated heterocycles. The van der Waals surface area contributed by atoms with E-state index >= 15 is 0 Å². The Kier molecular flexibility index (Phi) is 3.79. The van der Waals surface area contributed by atoms with Crippen molar-refractivity contribution in [2.24, 2.45) is 5.92 Å². The van der Waals surface area contributed by atoms with Gasteiger partial charge in [-0.15, -0.1) is 0 Å². The standard InChI is InChI=1S/C14H19NO2/c1-15-7-6-11(10-15)8-12-4-2-3-5-13(12)9-14(16)17/h2-5,11H,6-10H2,1H3,(H,16,17). The van der Waals surface area contributed by atoms with Gasteiger partial charge in [-0.05, 0) is 43.5 Å². The van der Waals surface area contributed by atoms with Crippen molar-refractivity contribution in [3.63, 3.8) is 0 Å². The van der Waals surface area contributed by atoms with Crippen molar-refractivity contribution in [2.45, 2.75) is 19.3 Å². The van der Waals surface area contributed by atoms with Crippen LogP contribution in [-0.4, -0.2) is 36.1 Å². The predicted octanol–water partition coefficient (Wildman–Crippen LogP) is 1.81. The minimum absolute atomic E-state index is 0.138. The number of hydrogen-bond donors (Lipinski definition) is 1. The van der Waals surface area contributed by atoms with Crippen molar-refractivity contribution in [1.82, 2.24) is 4.90 Å². The number of benzene rings is 1. The molecular formula is C14H19NO2. The molecule has 0 amide bonds. The topological polar surface area (TPSA) is 40.5 Å².